The molecule has 1 fully saturated rings. The van der Waals surface area contributed by atoms with E-state index in [4.69, 9.17) is 23.7 Å². The van der Waals surface area contributed by atoms with E-state index in [1.807, 2.05) is 0 Å². The van der Waals surface area contributed by atoms with Crippen molar-refractivity contribution in [3.63, 3.8) is 0 Å². The van der Waals surface area contributed by atoms with E-state index >= 15 is 0 Å². The van der Waals surface area contributed by atoms with Crippen LogP contribution in [0.2, 0.25) is 0 Å². The molecule has 0 amide bonds. The third-order valence-electron chi connectivity index (χ3n) is 3.11. The topological polar surface area (TPSA) is 80.3 Å². The summed E-state index contributed by atoms with van der Waals surface area (Å²) >= 11 is 0. The van der Waals surface area contributed by atoms with Gasteiger partial charge in [0.25, 0.3) is 5.79 Å². The number of esters is 2. The van der Waals surface area contributed by atoms with Crippen molar-refractivity contribution in [2.24, 2.45) is 0 Å². The molecule has 0 radical (unpaired) electrons. The third-order valence-corrected chi connectivity index (χ3v) is 3.11. The van der Waals surface area contributed by atoms with E-state index in [1.54, 1.807) is 12.1 Å². The first-order valence-electron chi connectivity index (χ1n) is 6.79. The van der Waals surface area contributed by atoms with Gasteiger partial charge in [-0.2, -0.15) is 0 Å². The van der Waals surface area contributed by atoms with Gasteiger partial charge in [0.15, 0.2) is 11.5 Å². The summed E-state index contributed by atoms with van der Waals surface area (Å²) in [5.41, 5.74) is 0.293. The molecule has 0 unspecified atom stereocenters. The van der Waals surface area contributed by atoms with Crippen LogP contribution < -0.4 is 14.2 Å². The molecular weight excluding hydrogens is 304 g/mol. The Morgan fingerprint density at radius 3 is 1.78 bits per heavy atom. The summed E-state index contributed by atoms with van der Waals surface area (Å²) in [6.45, 7) is 2.97. The zero-order chi connectivity index (χ0) is 17.2. The Kier molecular flexibility index (Phi) is 4.49. The molecule has 0 aromatic heterocycles. The first-order chi connectivity index (χ1) is 10.8. The number of benzene rings is 1. The maximum absolute atomic E-state index is 12.0. The highest BCUT2D eigenvalue weighted by Gasteiger charge is 2.38. The predicted molar refractivity (Wildman–Crippen MR) is 80.3 cm³/mol. The van der Waals surface area contributed by atoms with Crippen LogP contribution in [0.25, 0.3) is 6.08 Å². The van der Waals surface area contributed by atoms with E-state index in [2.05, 4.69) is 0 Å². The van der Waals surface area contributed by atoms with Crippen molar-refractivity contribution in [2.45, 2.75) is 19.6 Å². The number of hydrogen-bond donors (Lipinski definition) is 0. The predicted octanol–water partition coefficient (Wildman–Crippen LogP) is 1.93. The molecule has 0 N–H and O–H groups in total. The third kappa shape index (κ3) is 3.39. The molecule has 1 aliphatic heterocycles. The van der Waals surface area contributed by atoms with Gasteiger partial charge in [0.2, 0.25) is 5.75 Å². The summed E-state index contributed by atoms with van der Waals surface area (Å²) < 4.78 is 25.8. The minimum Gasteiger partial charge on any atom is -0.493 e. The lowest BCUT2D eigenvalue weighted by Crippen LogP contribution is -2.41. The van der Waals surface area contributed by atoms with Gasteiger partial charge in [0.05, 0.1) is 21.3 Å². The molecule has 1 saturated heterocycles. The number of methoxy groups -OCH3 is 3. The van der Waals surface area contributed by atoms with Crippen LogP contribution in [0.1, 0.15) is 19.4 Å². The Bertz CT molecular complexity index is 626. The second-order valence-corrected chi connectivity index (χ2v) is 5.20. The first kappa shape index (κ1) is 16.7. The average Bonchev–Trinajstić information content (AvgIpc) is 2.48. The van der Waals surface area contributed by atoms with Crippen LogP contribution in [0.5, 0.6) is 17.2 Å². The molecule has 2 rings (SSSR count). The Balaban J connectivity index is 2.47. The number of carbonyl (C=O) groups excluding carboxylic acids is 2. The quantitative estimate of drug-likeness (QED) is 0.476. The SMILES string of the molecule is COc1cc(C=C2C(=O)OC(C)(C)OC2=O)cc(OC)c1OC. The average molecular weight is 322 g/mol. The van der Waals surface area contributed by atoms with Gasteiger partial charge in [-0.3, -0.25) is 0 Å². The summed E-state index contributed by atoms with van der Waals surface area (Å²) in [5, 5.41) is 0. The van der Waals surface area contributed by atoms with Crippen LogP contribution in [-0.4, -0.2) is 39.1 Å². The molecular formula is C16H18O7. The number of hydrogen-bond acceptors (Lipinski definition) is 7. The van der Waals surface area contributed by atoms with Crippen LogP contribution in [0.15, 0.2) is 17.7 Å². The number of cyclic esters (lactones) is 2. The highest BCUT2D eigenvalue weighted by Crippen LogP contribution is 2.39. The van der Waals surface area contributed by atoms with Crippen LogP contribution in [-0.2, 0) is 19.1 Å². The van der Waals surface area contributed by atoms with Crippen molar-refractivity contribution in [2.75, 3.05) is 21.3 Å². The zero-order valence-corrected chi connectivity index (χ0v) is 13.6. The van der Waals surface area contributed by atoms with Crippen molar-refractivity contribution in [3.8, 4) is 17.2 Å². The first-order valence-corrected chi connectivity index (χ1v) is 6.79. The fourth-order valence-electron chi connectivity index (χ4n) is 2.13. The molecule has 0 spiro atoms. The Labute approximate surface area is 133 Å². The molecule has 23 heavy (non-hydrogen) atoms. The molecule has 1 aliphatic rings. The smallest absolute Gasteiger partial charge is 0.348 e. The molecule has 1 heterocycles. The van der Waals surface area contributed by atoms with Gasteiger partial charge < -0.3 is 23.7 Å². The van der Waals surface area contributed by atoms with Gasteiger partial charge in [-0.25, -0.2) is 9.59 Å². The van der Waals surface area contributed by atoms with Crippen LogP contribution in [0.3, 0.4) is 0 Å². The summed E-state index contributed by atoms with van der Waals surface area (Å²) in [4.78, 5) is 24.0. The van der Waals surface area contributed by atoms with Crippen LogP contribution in [0, 0.1) is 0 Å². The molecule has 0 aliphatic carbocycles. The molecule has 1 aromatic carbocycles. The minimum atomic E-state index is -1.28. The summed E-state index contributed by atoms with van der Waals surface area (Å²) in [5.74, 6) is -1.57. The molecule has 0 atom stereocenters. The largest absolute Gasteiger partial charge is 0.493 e. The van der Waals surface area contributed by atoms with Gasteiger partial charge in [-0.05, 0) is 23.8 Å². The van der Waals surface area contributed by atoms with E-state index in [0.29, 0.717) is 22.8 Å². The molecule has 124 valence electrons. The van der Waals surface area contributed by atoms with Crippen molar-refractivity contribution in [1.82, 2.24) is 0 Å². The van der Waals surface area contributed by atoms with Gasteiger partial charge in [-0.15, -0.1) is 0 Å². The highest BCUT2D eigenvalue weighted by atomic mass is 16.7. The summed E-state index contributed by atoms with van der Waals surface area (Å²) in [7, 11) is 4.43. The Hall–Kier alpha value is -2.70. The second kappa shape index (κ2) is 6.20. The van der Waals surface area contributed by atoms with E-state index in [-0.39, 0.29) is 5.57 Å². The van der Waals surface area contributed by atoms with Gasteiger partial charge >= 0.3 is 11.9 Å². The summed E-state index contributed by atoms with van der Waals surface area (Å²) in [6.07, 6.45) is 1.35. The van der Waals surface area contributed by atoms with Gasteiger partial charge in [0.1, 0.15) is 5.57 Å². The normalized spacial score (nSPS) is 16.3. The van der Waals surface area contributed by atoms with Gasteiger partial charge in [-0.1, -0.05) is 0 Å². The number of ether oxygens (including phenoxy) is 5. The lowest BCUT2D eigenvalue weighted by atomic mass is 10.1. The minimum absolute atomic E-state index is 0.210. The Morgan fingerprint density at radius 2 is 1.39 bits per heavy atom. The van der Waals surface area contributed by atoms with Crippen molar-refractivity contribution in [1.29, 1.82) is 0 Å². The Morgan fingerprint density at radius 1 is 0.913 bits per heavy atom. The molecule has 7 nitrogen and oxygen atoms in total. The van der Waals surface area contributed by atoms with Crippen molar-refractivity contribution >= 4 is 18.0 Å². The molecule has 1 aromatic rings. The van der Waals surface area contributed by atoms with E-state index < -0.39 is 17.7 Å². The number of carbonyl (C=O) groups is 2. The maximum atomic E-state index is 12.0. The van der Waals surface area contributed by atoms with Gasteiger partial charge in [0, 0.05) is 13.8 Å². The monoisotopic (exact) mass is 322 g/mol. The highest BCUT2D eigenvalue weighted by molar-refractivity contribution is 6.18. The van der Waals surface area contributed by atoms with Crippen LogP contribution in [0.4, 0.5) is 0 Å². The lowest BCUT2D eigenvalue weighted by Gasteiger charge is -2.29. The zero-order valence-electron chi connectivity index (χ0n) is 13.6. The fraction of sp³-hybridized carbons (Fsp3) is 0.375. The van der Waals surface area contributed by atoms with E-state index in [9.17, 15) is 9.59 Å². The molecule has 0 saturated carbocycles. The summed E-state index contributed by atoms with van der Waals surface area (Å²) in [6, 6.07) is 3.21. The lowest BCUT2D eigenvalue weighted by molar-refractivity contribution is -0.222. The van der Waals surface area contributed by atoms with E-state index in [1.165, 1.54) is 41.3 Å². The molecule has 7 heteroatoms. The van der Waals surface area contributed by atoms with Crippen molar-refractivity contribution in [3.05, 3.63) is 23.3 Å². The number of rotatable bonds is 4. The standard InChI is InChI=1S/C16H18O7/c1-16(2)22-14(17)10(15(18)23-16)6-9-7-11(19-3)13(21-5)12(8-9)20-4/h6-8H,1-5H3. The van der Waals surface area contributed by atoms with E-state index in [0.717, 1.165) is 0 Å². The maximum Gasteiger partial charge on any atom is 0.348 e. The molecule has 0 bridgehead atoms. The second-order valence-electron chi connectivity index (χ2n) is 5.20. The fourth-order valence-corrected chi connectivity index (χ4v) is 2.13. The van der Waals surface area contributed by atoms with Crippen LogP contribution >= 0.6 is 0 Å². The van der Waals surface area contributed by atoms with Crippen molar-refractivity contribution < 1.29 is 33.3 Å².